The number of carbonyl (C=O) groups excluding carboxylic acids is 1. The Hall–Kier alpha value is -1.07. The highest BCUT2D eigenvalue weighted by molar-refractivity contribution is 7.99. The first-order chi connectivity index (χ1) is 10.2. The van der Waals surface area contributed by atoms with E-state index < -0.39 is 5.54 Å². The van der Waals surface area contributed by atoms with Crippen molar-refractivity contribution in [2.75, 3.05) is 12.4 Å². The van der Waals surface area contributed by atoms with Crippen molar-refractivity contribution in [1.29, 1.82) is 0 Å². The lowest BCUT2D eigenvalue weighted by atomic mass is 9.95. The van der Waals surface area contributed by atoms with Crippen molar-refractivity contribution < 1.29 is 9.53 Å². The summed E-state index contributed by atoms with van der Waals surface area (Å²) >= 11 is 1.72. The predicted octanol–water partition coefficient (Wildman–Crippen LogP) is 2.64. The molecule has 0 amide bonds. The van der Waals surface area contributed by atoms with Crippen molar-refractivity contribution in [2.45, 2.75) is 49.1 Å². The summed E-state index contributed by atoms with van der Waals surface area (Å²) in [5, 5.41) is 3.61. The van der Waals surface area contributed by atoms with E-state index in [1.54, 1.807) is 24.2 Å². The van der Waals surface area contributed by atoms with Gasteiger partial charge in [0, 0.05) is 29.1 Å². The molecule has 0 bridgehead atoms. The lowest BCUT2D eigenvalue weighted by Crippen LogP contribution is -2.58. The number of rotatable bonds is 8. The molecule has 5 heteroatoms. The minimum Gasteiger partial charge on any atom is -0.465 e. The van der Waals surface area contributed by atoms with Gasteiger partial charge in [-0.2, -0.15) is 0 Å². The third kappa shape index (κ3) is 3.58. The Balaban J connectivity index is 1.74. The lowest BCUT2D eigenvalue weighted by molar-refractivity contribution is -0.151. The van der Waals surface area contributed by atoms with Crippen molar-refractivity contribution in [3.8, 4) is 0 Å². The molecule has 2 saturated carbocycles. The summed E-state index contributed by atoms with van der Waals surface area (Å²) in [5.74, 6) is 1.09. The molecule has 4 nitrogen and oxygen atoms in total. The lowest BCUT2D eigenvalue weighted by Gasteiger charge is -2.32. The van der Waals surface area contributed by atoms with Crippen LogP contribution in [0.1, 0.15) is 32.6 Å². The molecule has 1 N–H and O–H groups in total. The van der Waals surface area contributed by atoms with Gasteiger partial charge in [-0.25, -0.2) is 0 Å². The molecule has 1 atom stereocenters. The molecular weight excluding hydrogens is 284 g/mol. The largest absolute Gasteiger partial charge is 0.465 e. The Bertz CT molecular complexity index is 488. The van der Waals surface area contributed by atoms with Gasteiger partial charge in [0.15, 0.2) is 0 Å². The maximum Gasteiger partial charge on any atom is 0.327 e. The molecule has 114 valence electrons. The first-order valence-corrected chi connectivity index (χ1v) is 8.71. The van der Waals surface area contributed by atoms with Crippen molar-refractivity contribution in [1.82, 2.24) is 10.3 Å². The summed E-state index contributed by atoms with van der Waals surface area (Å²) in [6.45, 7) is 2.32. The quantitative estimate of drug-likeness (QED) is 0.591. The minimum absolute atomic E-state index is 0.0686. The molecule has 0 saturated heterocycles. The molecule has 1 heterocycles. The first kappa shape index (κ1) is 14.9. The zero-order valence-electron chi connectivity index (χ0n) is 12.4. The maximum atomic E-state index is 12.6. The van der Waals surface area contributed by atoms with Crippen molar-refractivity contribution in [3.05, 3.63) is 24.5 Å². The second-order valence-electron chi connectivity index (χ2n) is 5.86. The van der Waals surface area contributed by atoms with Gasteiger partial charge in [-0.05, 0) is 50.7 Å². The van der Waals surface area contributed by atoms with Gasteiger partial charge in [-0.1, -0.05) is 0 Å². The number of carbonyl (C=O) groups is 1. The normalized spacial score (nSPS) is 20.8. The molecular formula is C16H22N2O2S. The number of esters is 1. The molecule has 3 rings (SSSR count). The summed E-state index contributed by atoms with van der Waals surface area (Å²) in [4.78, 5) is 17.8. The Kier molecular flexibility index (Phi) is 4.50. The number of nitrogens with one attached hydrogen (secondary N) is 1. The van der Waals surface area contributed by atoms with E-state index in [9.17, 15) is 4.79 Å². The van der Waals surface area contributed by atoms with Crippen molar-refractivity contribution in [3.63, 3.8) is 0 Å². The summed E-state index contributed by atoms with van der Waals surface area (Å²) in [7, 11) is 0. The van der Waals surface area contributed by atoms with Gasteiger partial charge in [0.25, 0.3) is 0 Å². The fourth-order valence-electron chi connectivity index (χ4n) is 2.62. The Morgan fingerprint density at radius 1 is 1.38 bits per heavy atom. The highest BCUT2D eigenvalue weighted by atomic mass is 32.2. The molecule has 0 aromatic carbocycles. The van der Waals surface area contributed by atoms with Gasteiger partial charge < -0.3 is 4.74 Å². The zero-order chi connectivity index (χ0) is 14.7. The van der Waals surface area contributed by atoms with Gasteiger partial charge in [0.2, 0.25) is 0 Å². The number of ether oxygens (including phenoxy) is 1. The van der Waals surface area contributed by atoms with Crippen LogP contribution >= 0.6 is 11.8 Å². The summed E-state index contributed by atoms with van der Waals surface area (Å²) < 4.78 is 5.40. The molecule has 0 spiro atoms. The van der Waals surface area contributed by atoms with Gasteiger partial charge in [0.05, 0.1) is 6.61 Å². The van der Waals surface area contributed by atoms with E-state index >= 15 is 0 Å². The molecule has 1 unspecified atom stereocenters. The van der Waals surface area contributed by atoms with E-state index in [4.69, 9.17) is 4.74 Å². The van der Waals surface area contributed by atoms with Gasteiger partial charge in [-0.3, -0.25) is 15.1 Å². The van der Waals surface area contributed by atoms with Crippen LogP contribution in [0, 0.1) is 5.92 Å². The van der Waals surface area contributed by atoms with E-state index in [0.717, 1.165) is 23.5 Å². The fourth-order valence-corrected chi connectivity index (χ4v) is 3.77. The SMILES string of the molecule is CCOC(=O)C(CSc1ccncc1)(NC1CC1)C1CC1. The number of hydrogen-bond donors (Lipinski definition) is 1. The Morgan fingerprint density at radius 3 is 2.67 bits per heavy atom. The zero-order valence-corrected chi connectivity index (χ0v) is 13.2. The van der Waals surface area contributed by atoms with Crippen molar-refractivity contribution >= 4 is 17.7 Å². The molecule has 2 fully saturated rings. The predicted molar refractivity (Wildman–Crippen MR) is 83.2 cm³/mol. The van der Waals surface area contributed by atoms with Crippen LogP contribution in [0.2, 0.25) is 0 Å². The number of aromatic nitrogens is 1. The van der Waals surface area contributed by atoms with Gasteiger partial charge >= 0.3 is 5.97 Å². The van der Waals surface area contributed by atoms with Gasteiger partial charge in [0.1, 0.15) is 5.54 Å². The van der Waals surface area contributed by atoms with E-state index in [0.29, 0.717) is 18.6 Å². The van der Waals surface area contributed by atoms with Gasteiger partial charge in [-0.15, -0.1) is 11.8 Å². The van der Waals surface area contributed by atoms with E-state index in [2.05, 4.69) is 10.3 Å². The highest BCUT2D eigenvalue weighted by Gasteiger charge is 2.53. The van der Waals surface area contributed by atoms with E-state index in [-0.39, 0.29) is 5.97 Å². The minimum atomic E-state index is -0.509. The third-order valence-corrected chi connectivity index (χ3v) is 5.27. The Morgan fingerprint density at radius 2 is 2.10 bits per heavy atom. The second-order valence-corrected chi connectivity index (χ2v) is 6.91. The molecule has 1 aromatic heterocycles. The van der Waals surface area contributed by atoms with Crippen LogP contribution in [0.25, 0.3) is 0 Å². The summed E-state index contributed by atoms with van der Waals surface area (Å²) in [5.41, 5.74) is -0.509. The maximum absolute atomic E-state index is 12.6. The summed E-state index contributed by atoms with van der Waals surface area (Å²) in [6, 6.07) is 4.47. The average molecular weight is 306 g/mol. The number of hydrogen-bond acceptors (Lipinski definition) is 5. The first-order valence-electron chi connectivity index (χ1n) is 7.72. The highest BCUT2D eigenvalue weighted by Crippen LogP contribution is 2.44. The van der Waals surface area contributed by atoms with E-state index in [1.807, 2.05) is 19.1 Å². The van der Waals surface area contributed by atoms with E-state index in [1.165, 1.54) is 12.8 Å². The van der Waals surface area contributed by atoms with Crippen LogP contribution in [0.15, 0.2) is 29.4 Å². The topological polar surface area (TPSA) is 51.2 Å². The second kappa shape index (κ2) is 6.36. The fraction of sp³-hybridized carbons (Fsp3) is 0.625. The van der Waals surface area contributed by atoms with Crippen LogP contribution in [0.3, 0.4) is 0 Å². The molecule has 0 aliphatic heterocycles. The molecule has 0 radical (unpaired) electrons. The molecule has 2 aliphatic carbocycles. The molecule has 2 aliphatic rings. The van der Waals surface area contributed by atoms with Crippen LogP contribution in [0.4, 0.5) is 0 Å². The average Bonchev–Trinajstić information content (AvgIpc) is 3.38. The number of thioether (sulfide) groups is 1. The smallest absolute Gasteiger partial charge is 0.327 e. The number of pyridine rings is 1. The monoisotopic (exact) mass is 306 g/mol. The molecule has 21 heavy (non-hydrogen) atoms. The standard InChI is InChI=1S/C16H22N2O2S/c1-2-20-15(19)16(12-3-4-12,18-13-5-6-13)11-21-14-7-9-17-10-8-14/h7-10,12-13,18H,2-6,11H2,1H3. The Labute approximate surface area is 130 Å². The number of nitrogens with zero attached hydrogens (tertiary/aromatic N) is 1. The molecule has 1 aromatic rings. The third-order valence-electron chi connectivity index (χ3n) is 4.07. The summed E-state index contributed by atoms with van der Waals surface area (Å²) in [6.07, 6.45) is 8.17. The van der Waals surface area contributed by atoms with Crippen LogP contribution < -0.4 is 5.32 Å². The van der Waals surface area contributed by atoms with Crippen LogP contribution in [-0.4, -0.2) is 34.9 Å². The van der Waals surface area contributed by atoms with Crippen molar-refractivity contribution in [2.24, 2.45) is 5.92 Å². The van der Waals surface area contributed by atoms with Crippen LogP contribution in [0.5, 0.6) is 0 Å². The van der Waals surface area contributed by atoms with Crippen LogP contribution in [-0.2, 0) is 9.53 Å².